The molecule has 0 aliphatic heterocycles. The van der Waals surface area contributed by atoms with Gasteiger partial charge >= 0.3 is 0 Å². The van der Waals surface area contributed by atoms with Crippen LogP contribution >= 0.6 is 11.6 Å². The third kappa shape index (κ3) is 3.63. The third-order valence-corrected chi connectivity index (χ3v) is 5.48. The van der Waals surface area contributed by atoms with Gasteiger partial charge in [-0.25, -0.2) is 4.98 Å². The SMILES string of the molecule is CNC1(c2ccccc2Cl)CCCCC1NCCCc1ncn[nH]1. The van der Waals surface area contributed by atoms with Crippen molar-refractivity contribution in [1.29, 1.82) is 0 Å². The summed E-state index contributed by atoms with van der Waals surface area (Å²) >= 11 is 6.53. The number of H-pyrrole nitrogens is 1. The minimum Gasteiger partial charge on any atom is -0.312 e. The Kier molecular flexibility index (Phi) is 5.87. The van der Waals surface area contributed by atoms with Crippen LogP contribution in [0.5, 0.6) is 0 Å². The number of likely N-dealkylation sites (N-methyl/N-ethyl adjacent to an activating group) is 1. The van der Waals surface area contributed by atoms with Gasteiger partial charge in [0.25, 0.3) is 0 Å². The first-order chi connectivity index (χ1) is 11.8. The molecule has 1 aliphatic rings. The molecule has 3 N–H and O–H groups in total. The molecule has 1 aromatic carbocycles. The van der Waals surface area contributed by atoms with Crippen LogP contribution in [0.2, 0.25) is 5.02 Å². The first-order valence-corrected chi connectivity index (χ1v) is 9.15. The molecule has 0 radical (unpaired) electrons. The van der Waals surface area contributed by atoms with E-state index >= 15 is 0 Å². The summed E-state index contributed by atoms with van der Waals surface area (Å²) in [5.41, 5.74) is 1.12. The molecule has 2 atom stereocenters. The minimum atomic E-state index is -0.0944. The van der Waals surface area contributed by atoms with Crippen molar-refractivity contribution in [2.75, 3.05) is 13.6 Å². The minimum absolute atomic E-state index is 0.0944. The highest BCUT2D eigenvalue weighted by atomic mass is 35.5. The summed E-state index contributed by atoms with van der Waals surface area (Å²) in [4.78, 5) is 4.18. The Labute approximate surface area is 148 Å². The Balaban J connectivity index is 1.68. The summed E-state index contributed by atoms with van der Waals surface area (Å²) in [6, 6.07) is 8.61. The maximum atomic E-state index is 6.53. The number of hydrogen-bond acceptors (Lipinski definition) is 4. The second-order valence-corrected chi connectivity index (χ2v) is 6.90. The van der Waals surface area contributed by atoms with E-state index in [4.69, 9.17) is 11.6 Å². The van der Waals surface area contributed by atoms with Gasteiger partial charge in [-0.3, -0.25) is 5.10 Å². The van der Waals surface area contributed by atoms with Crippen molar-refractivity contribution in [2.24, 2.45) is 0 Å². The van der Waals surface area contributed by atoms with Gasteiger partial charge in [0.1, 0.15) is 12.2 Å². The Morgan fingerprint density at radius 1 is 1.33 bits per heavy atom. The van der Waals surface area contributed by atoms with E-state index in [1.54, 1.807) is 6.33 Å². The molecule has 2 aromatic rings. The smallest absolute Gasteiger partial charge is 0.137 e. The first kappa shape index (κ1) is 17.4. The van der Waals surface area contributed by atoms with Gasteiger partial charge in [-0.2, -0.15) is 5.10 Å². The van der Waals surface area contributed by atoms with Crippen molar-refractivity contribution in [3.8, 4) is 0 Å². The topological polar surface area (TPSA) is 65.6 Å². The quantitative estimate of drug-likeness (QED) is 0.673. The van der Waals surface area contributed by atoms with Crippen LogP contribution in [0.3, 0.4) is 0 Å². The van der Waals surface area contributed by atoms with Crippen molar-refractivity contribution in [2.45, 2.75) is 50.1 Å². The molecule has 1 heterocycles. The zero-order valence-corrected chi connectivity index (χ0v) is 14.9. The highest BCUT2D eigenvalue weighted by Gasteiger charge is 2.41. The fourth-order valence-corrected chi connectivity index (χ4v) is 4.22. The standard InChI is InChI=1S/C18H26ClN5/c1-20-18(14-7-2-3-8-15(14)19)11-5-4-9-16(18)21-12-6-10-17-22-13-23-24-17/h2-3,7-8,13,16,20-21H,4-6,9-12H2,1H3,(H,22,23,24). The van der Waals surface area contributed by atoms with E-state index in [9.17, 15) is 0 Å². The number of aryl methyl sites for hydroxylation is 1. The summed E-state index contributed by atoms with van der Waals surface area (Å²) in [7, 11) is 2.05. The second kappa shape index (κ2) is 8.10. The van der Waals surface area contributed by atoms with E-state index in [0.29, 0.717) is 6.04 Å². The van der Waals surface area contributed by atoms with Gasteiger partial charge in [0.05, 0.1) is 5.54 Å². The molecule has 0 bridgehead atoms. The van der Waals surface area contributed by atoms with E-state index in [0.717, 1.165) is 43.1 Å². The number of halogens is 1. The van der Waals surface area contributed by atoms with E-state index in [-0.39, 0.29) is 5.54 Å². The zero-order chi connectivity index (χ0) is 16.8. The van der Waals surface area contributed by atoms with Crippen molar-refractivity contribution in [3.63, 3.8) is 0 Å². The maximum Gasteiger partial charge on any atom is 0.137 e. The van der Waals surface area contributed by atoms with E-state index in [2.05, 4.69) is 45.0 Å². The molecule has 24 heavy (non-hydrogen) atoms. The van der Waals surface area contributed by atoms with Crippen LogP contribution < -0.4 is 10.6 Å². The average molecular weight is 348 g/mol. The number of hydrogen-bond donors (Lipinski definition) is 3. The van der Waals surface area contributed by atoms with Gasteiger partial charge in [-0.1, -0.05) is 42.6 Å². The highest BCUT2D eigenvalue weighted by molar-refractivity contribution is 6.31. The predicted molar refractivity (Wildman–Crippen MR) is 97.2 cm³/mol. The van der Waals surface area contributed by atoms with E-state index in [1.165, 1.54) is 18.4 Å². The summed E-state index contributed by atoms with van der Waals surface area (Å²) in [6.45, 7) is 0.958. The van der Waals surface area contributed by atoms with E-state index in [1.807, 2.05) is 12.1 Å². The maximum absolute atomic E-state index is 6.53. The van der Waals surface area contributed by atoms with Gasteiger partial charge < -0.3 is 10.6 Å². The molecule has 1 fully saturated rings. The number of aromatic amines is 1. The number of benzene rings is 1. The lowest BCUT2D eigenvalue weighted by Gasteiger charge is -2.45. The molecule has 0 saturated heterocycles. The number of rotatable bonds is 7. The average Bonchev–Trinajstić information content (AvgIpc) is 3.13. The van der Waals surface area contributed by atoms with Crippen LogP contribution in [0, 0.1) is 0 Å². The molecule has 1 saturated carbocycles. The largest absolute Gasteiger partial charge is 0.312 e. The normalized spacial score (nSPS) is 24.2. The van der Waals surface area contributed by atoms with Gasteiger partial charge in [-0.05, 0) is 44.5 Å². The molecule has 1 aromatic heterocycles. The zero-order valence-electron chi connectivity index (χ0n) is 14.2. The highest BCUT2D eigenvalue weighted by Crippen LogP contribution is 2.40. The molecular formula is C18H26ClN5. The van der Waals surface area contributed by atoms with Gasteiger partial charge in [-0.15, -0.1) is 0 Å². The van der Waals surface area contributed by atoms with Gasteiger partial charge in [0, 0.05) is 17.5 Å². The summed E-state index contributed by atoms with van der Waals surface area (Å²) in [6.07, 6.45) is 8.26. The first-order valence-electron chi connectivity index (χ1n) is 8.78. The summed E-state index contributed by atoms with van der Waals surface area (Å²) in [5, 5.41) is 15.0. The third-order valence-electron chi connectivity index (χ3n) is 5.16. The lowest BCUT2D eigenvalue weighted by molar-refractivity contribution is 0.178. The summed E-state index contributed by atoms with van der Waals surface area (Å²) < 4.78 is 0. The van der Waals surface area contributed by atoms with Crippen LogP contribution in [0.15, 0.2) is 30.6 Å². The van der Waals surface area contributed by atoms with E-state index < -0.39 is 0 Å². The molecule has 1 aliphatic carbocycles. The Hall–Kier alpha value is -1.43. The molecule has 0 spiro atoms. The van der Waals surface area contributed by atoms with Crippen molar-refractivity contribution in [1.82, 2.24) is 25.8 Å². The van der Waals surface area contributed by atoms with Crippen LogP contribution in [0.25, 0.3) is 0 Å². The van der Waals surface area contributed by atoms with Crippen molar-refractivity contribution >= 4 is 11.6 Å². The Morgan fingerprint density at radius 3 is 2.96 bits per heavy atom. The molecule has 130 valence electrons. The molecule has 5 nitrogen and oxygen atoms in total. The van der Waals surface area contributed by atoms with Crippen molar-refractivity contribution < 1.29 is 0 Å². The predicted octanol–water partition coefficient (Wildman–Crippen LogP) is 3.04. The number of aromatic nitrogens is 3. The molecule has 0 amide bonds. The van der Waals surface area contributed by atoms with Gasteiger partial charge in [0.15, 0.2) is 0 Å². The number of nitrogens with zero attached hydrogens (tertiary/aromatic N) is 2. The van der Waals surface area contributed by atoms with Crippen LogP contribution in [-0.4, -0.2) is 34.8 Å². The summed E-state index contributed by atoms with van der Waals surface area (Å²) in [5.74, 6) is 0.950. The molecule has 3 rings (SSSR count). The fraction of sp³-hybridized carbons (Fsp3) is 0.556. The lowest BCUT2D eigenvalue weighted by Crippen LogP contribution is -2.58. The Morgan fingerprint density at radius 2 is 2.21 bits per heavy atom. The number of nitrogens with one attached hydrogen (secondary N) is 3. The monoisotopic (exact) mass is 347 g/mol. The fourth-order valence-electron chi connectivity index (χ4n) is 3.91. The molecule has 6 heteroatoms. The van der Waals surface area contributed by atoms with Crippen LogP contribution in [-0.2, 0) is 12.0 Å². The second-order valence-electron chi connectivity index (χ2n) is 6.49. The Bertz CT molecular complexity index is 630. The molecule has 2 unspecified atom stereocenters. The van der Waals surface area contributed by atoms with Crippen LogP contribution in [0.1, 0.15) is 43.5 Å². The molecular weight excluding hydrogens is 322 g/mol. The lowest BCUT2D eigenvalue weighted by atomic mass is 9.72. The van der Waals surface area contributed by atoms with Crippen molar-refractivity contribution in [3.05, 3.63) is 47.0 Å². The van der Waals surface area contributed by atoms with Gasteiger partial charge in [0.2, 0.25) is 0 Å². The van der Waals surface area contributed by atoms with Crippen LogP contribution in [0.4, 0.5) is 0 Å².